The minimum absolute atomic E-state index is 0.115. The molecule has 0 amide bonds. The van der Waals surface area contributed by atoms with Crippen LogP contribution in [0.1, 0.15) is 16.7 Å². The largest absolute Gasteiger partial charge is 0.496 e. The molecule has 2 rings (SSSR count). The first-order valence-corrected chi connectivity index (χ1v) is 7.50. The predicted molar refractivity (Wildman–Crippen MR) is 91.2 cm³/mol. The molecule has 0 N–H and O–H groups in total. The summed E-state index contributed by atoms with van der Waals surface area (Å²) in [4.78, 5) is 0. The Labute approximate surface area is 140 Å². The van der Waals surface area contributed by atoms with Gasteiger partial charge < -0.3 is 4.74 Å². The zero-order chi connectivity index (χ0) is 17.7. The van der Waals surface area contributed by atoms with E-state index in [-0.39, 0.29) is 5.56 Å². The highest BCUT2D eigenvalue weighted by Gasteiger charge is 2.34. The molecule has 0 aliphatic rings. The summed E-state index contributed by atoms with van der Waals surface area (Å²) in [6.45, 7) is 7.32. The molecule has 0 heterocycles. The van der Waals surface area contributed by atoms with Crippen molar-refractivity contribution >= 4 is 0 Å². The summed E-state index contributed by atoms with van der Waals surface area (Å²) >= 11 is 0. The standard InChI is InChI=1S/C20H19F3O/c1-4-6-14-8-10-18(20(21,22)23)16(12-14)17-13-15(7-5-2)9-11-19(17)24-3/h4-5,8-13H,1-2,6-7H2,3H3. The average molecular weight is 332 g/mol. The van der Waals surface area contributed by atoms with Crippen LogP contribution in [0.5, 0.6) is 5.75 Å². The fourth-order valence-corrected chi connectivity index (χ4v) is 2.61. The maximum absolute atomic E-state index is 13.5. The van der Waals surface area contributed by atoms with Crippen molar-refractivity contribution in [3.05, 3.63) is 78.4 Å². The lowest BCUT2D eigenvalue weighted by Crippen LogP contribution is -2.08. The van der Waals surface area contributed by atoms with E-state index in [1.807, 2.05) is 6.07 Å². The van der Waals surface area contributed by atoms with E-state index in [2.05, 4.69) is 13.2 Å². The first-order chi connectivity index (χ1) is 11.4. The van der Waals surface area contributed by atoms with Gasteiger partial charge in [-0.3, -0.25) is 0 Å². The van der Waals surface area contributed by atoms with Gasteiger partial charge in [0.1, 0.15) is 5.75 Å². The van der Waals surface area contributed by atoms with Crippen LogP contribution in [0.15, 0.2) is 61.7 Å². The SMILES string of the molecule is C=CCc1ccc(OC)c(-c2cc(CC=C)ccc2C(F)(F)F)c1. The van der Waals surface area contributed by atoms with E-state index < -0.39 is 11.7 Å². The lowest BCUT2D eigenvalue weighted by atomic mass is 9.93. The van der Waals surface area contributed by atoms with Crippen LogP contribution >= 0.6 is 0 Å². The Bertz CT molecular complexity index is 745. The number of allylic oxidation sites excluding steroid dienone is 2. The molecule has 1 nitrogen and oxygen atoms in total. The number of hydrogen-bond acceptors (Lipinski definition) is 1. The van der Waals surface area contributed by atoms with Crippen molar-refractivity contribution in [2.75, 3.05) is 7.11 Å². The molecule has 0 spiro atoms. The Morgan fingerprint density at radius 3 is 1.96 bits per heavy atom. The molecule has 0 aliphatic carbocycles. The molecule has 0 aromatic heterocycles. The summed E-state index contributed by atoms with van der Waals surface area (Å²) in [7, 11) is 1.45. The topological polar surface area (TPSA) is 9.23 Å². The number of halogens is 3. The van der Waals surface area contributed by atoms with Gasteiger partial charge in [0.05, 0.1) is 12.7 Å². The van der Waals surface area contributed by atoms with Crippen molar-refractivity contribution in [3.8, 4) is 16.9 Å². The number of hydrogen-bond donors (Lipinski definition) is 0. The molecule has 0 atom stereocenters. The van der Waals surface area contributed by atoms with Gasteiger partial charge in [-0.15, -0.1) is 13.2 Å². The van der Waals surface area contributed by atoms with Crippen LogP contribution in [0, 0.1) is 0 Å². The molecular weight excluding hydrogens is 313 g/mol. The highest BCUT2D eigenvalue weighted by atomic mass is 19.4. The second kappa shape index (κ2) is 7.39. The summed E-state index contributed by atoms with van der Waals surface area (Å²) in [5.74, 6) is 0.407. The monoisotopic (exact) mass is 332 g/mol. The van der Waals surface area contributed by atoms with Crippen LogP contribution in [0.25, 0.3) is 11.1 Å². The van der Waals surface area contributed by atoms with Crippen LogP contribution in [0.4, 0.5) is 13.2 Å². The molecule has 0 fully saturated rings. The first kappa shape index (κ1) is 17.9. The third-order valence-corrected chi connectivity index (χ3v) is 3.70. The van der Waals surface area contributed by atoms with Crippen LogP contribution in [0.2, 0.25) is 0 Å². The molecule has 0 aliphatic heterocycles. The smallest absolute Gasteiger partial charge is 0.417 e. The summed E-state index contributed by atoms with van der Waals surface area (Å²) < 4.78 is 45.7. The Hall–Kier alpha value is -2.49. The van der Waals surface area contributed by atoms with E-state index in [9.17, 15) is 13.2 Å². The number of rotatable bonds is 6. The van der Waals surface area contributed by atoms with Crippen LogP contribution in [-0.4, -0.2) is 7.11 Å². The number of ether oxygens (including phenoxy) is 1. The molecule has 2 aromatic carbocycles. The van der Waals surface area contributed by atoms with Gasteiger partial charge >= 0.3 is 6.18 Å². The maximum atomic E-state index is 13.5. The van der Waals surface area contributed by atoms with Crippen molar-refractivity contribution in [3.63, 3.8) is 0 Å². The van der Waals surface area contributed by atoms with Crippen molar-refractivity contribution in [2.24, 2.45) is 0 Å². The van der Waals surface area contributed by atoms with Crippen molar-refractivity contribution in [2.45, 2.75) is 19.0 Å². The van der Waals surface area contributed by atoms with Crippen molar-refractivity contribution in [1.82, 2.24) is 0 Å². The quantitative estimate of drug-likeness (QED) is 0.604. The van der Waals surface area contributed by atoms with Gasteiger partial charge in [-0.2, -0.15) is 13.2 Å². The molecule has 24 heavy (non-hydrogen) atoms. The summed E-state index contributed by atoms with van der Waals surface area (Å²) in [5, 5.41) is 0. The van der Waals surface area contributed by atoms with E-state index in [0.29, 0.717) is 24.2 Å². The minimum Gasteiger partial charge on any atom is -0.496 e. The first-order valence-electron chi connectivity index (χ1n) is 7.50. The minimum atomic E-state index is -4.44. The van der Waals surface area contributed by atoms with E-state index in [4.69, 9.17) is 4.74 Å². The molecule has 0 radical (unpaired) electrons. The fraction of sp³-hybridized carbons (Fsp3) is 0.200. The second-order valence-corrected chi connectivity index (χ2v) is 5.40. The molecule has 4 heteroatoms. The van der Waals surface area contributed by atoms with Gasteiger partial charge in [0.15, 0.2) is 0 Å². The molecule has 0 saturated carbocycles. The van der Waals surface area contributed by atoms with Crippen molar-refractivity contribution < 1.29 is 17.9 Å². The van der Waals surface area contributed by atoms with Gasteiger partial charge in [0.2, 0.25) is 0 Å². The summed E-state index contributed by atoms with van der Waals surface area (Å²) in [5.41, 5.74) is 1.51. The molecule has 126 valence electrons. The molecular formula is C20H19F3O. The zero-order valence-corrected chi connectivity index (χ0v) is 13.5. The number of methoxy groups -OCH3 is 1. The molecule has 2 aromatic rings. The Morgan fingerprint density at radius 1 is 0.917 bits per heavy atom. The van der Waals surface area contributed by atoms with E-state index >= 15 is 0 Å². The highest BCUT2D eigenvalue weighted by Crippen LogP contribution is 2.41. The van der Waals surface area contributed by atoms with Gasteiger partial charge in [-0.1, -0.05) is 30.4 Å². The van der Waals surface area contributed by atoms with Crippen LogP contribution in [0.3, 0.4) is 0 Å². The number of benzene rings is 2. The molecule has 0 bridgehead atoms. The van der Waals surface area contributed by atoms with E-state index in [0.717, 1.165) is 17.2 Å². The van der Waals surface area contributed by atoms with Crippen molar-refractivity contribution in [1.29, 1.82) is 0 Å². The molecule has 0 saturated heterocycles. The lowest BCUT2D eigenvalue weighted by molar-refractivity contribution is -0.137. The lowest BCUT2D eigenvalue weighted by Gasteiger charge is -2.17. The fourth-order valence-electron chi connectivity index (χ4n) is 2.61. The third-order valence-electron chi connectivity index (χ3n) is 3.70. The maximum Gasteiger partial charge on any atom is 0.417 e. The normalized spacial score (nSPS) is 11.2. The van der Waals surface area contributed by atoms with E-state index in [1.165, 1.54) is 13.2 Å². The number of alkyl halides is 3. The van der Waals surface area contributed by atoms with Gasteiger partial charge in [0.25, 0.3) is 0 Å². The zero-order valence-electron chi connectivity index (χ0n) is 13.5. The summed E-state index contributed by atoms with van der Waals surface area (Å²) in [6.07, 6.45) is 0.00806. The summed E-state index contributed by atoms with van der Waals surface area (Å²) in [6, 6.07) is 9.39. The van der Waals surface area contributed by atoms with Crippen LogP contribution < -0.4 is 4.74 Å². The van der Waals surface area contributed by atoms with Gasteiger partial charge in [-0.05, 0) is 47.7 Å². The molecule has 0 unspecified atom stereocenters. The van der Waals surface area contributed by atoms with Crippen LogP contribution in [-0.2, 0) is 19.0 Å². The average Bonchev–Trinajstić information content (AvgIpc) is 2.54. The second-order valence-electron chi connectivity index (χ2n) is 5.40. The highest BCUT2D eigenvalue weighted by molar-refractivity contribution is 5.75. The van der Waals surface area contributed by atoms with E-state index in [1.54, 1.807) is 30.4 Å². The third kappa shape index (κ3) is 3.88. The Morgan fingerprint density at radius 2 is 1.46 bits per heavy atom. The Balaban J connectivity index is 2.72. The van der Waals surface area contributed by atoms with Gasteiger partial charge in [-0.25, -0.2) is 0 Å². The predicted octanol–water partition coefficient (Wildman–Crippen LogP) is 5.84. The Kier molecular flexibility index (Phi) is 5.50. The van der Waals surface area contributed by atoms with Gasteiger partial charge in [0, 0.05) is 5.56 Å².